The molecule has 0 amide bonds. The highest BCUT2D eigenvalue weighted by Crippen LogP contribution is 2.03. The zero-order valence-corrected chi connectivity index (χ0v) is 7.54. The van der Waals surface area contributed by atoms with Crippen LogP contribution in [0.3, 0.4) is 0 Å². The van der Waals surface area contributed by atoms with Crippen LogP contribution in [0.5, 0.6) is 0 Å². The molecule has 76 valence electrons. The summed E-state index contributed by atoms with van der Waals surface area (Å²) in [6, 6.07) is 3.93. The van der Waals surface area contributed by atoms with Crippen LogP contribution in [-0.2, 0) is 0 Å². The molecule has 0 aliphatic heterocycles. The highest BCUT2D eigenvalue weighted by Gasteiger charge is 2.05. The first kappa shape index (κ1) is 9.20. The summed E-state index contributed by atoms with van der Waals surface area (Å²) in [6.45, 7) is 0. The predicted octanol–water partition coefficient (Wildman–Crippen LogP) is -0.0251. The molecule has 0 aliphatic carbocycles. The topological polar surface area (TPSA) is 97.7 Å². The second-order valence-corrected chi connectivity index (χ2v) is 2.97. The third-order valence-electron chi connectivity index (χ3n) is 1.93. The lowest BCUT2D eigenvalue weighted by molar-refractivity contribution is 0.0696. The van der Waals surface area contributed by atoms with E-state index in [4.69, 9.17) is 10.8 Å². The third-order valence-corrected chi connectivity index (χ3v) is 1.93. The molecule has 2 aromatic heterocycles. The van der Waals surface area contributed by atoms with Crippen molar-refractivity contribution in [3.05, 3.63) is 40.3 Å². The molecule has 0 aromatic carbocycles. The van der Waals surface area contributed by atoms with Crippen LogP contribution < -0.4 is 11.3 Å². The number of carbonyl (C=O) groups is 1. The fourth-order valence-electron chi connectivity index (χ4n) is 1.25. The number of anilines is 1. The maximum absolute atomic E-state index is 11.4. The van der Waals surface area contributed by atoms with Crippen molar-refractivity contribution in [2.75, 3.05) is 5.73 Å². The van der Waals surface area contributed by atoms with E-state index in [1.807, 2.05) is 0 Å². The molecule has 15 heavy (non-hydrogen) atoms. The molecule has 0 saturated heterocycles. The second kappa shape index (κ2) is 3.09. The third kappa shape index (κ3) is 1.52. The van der Waals surface area contributed by atoms with Crippen LogP contribution in [0.4, 0.5) is 5.82 Å². The maximum Gasteiger partial charge on any atom is 0.337 e. The summed E-state index contributed by atoms with van der Waals surface area (Å²) in [7, 11) is 0. The molecule has 0 spiro atoms. The van der Waals surface area contributed by atoms with Gasteiger partial charge in [0.05, 0.1) is 5.56 Å². The van der Waals surface area contributed by atoms with Crippen LogP contribution in [-0.4, -0.2) is 20.5 Å². The van der Waals surface area contributed by atoms with E-state index in [1.54, 1.807) is 0 Å². The first-order chi connectivity index (χ1) is 7.08. The number of pyridine rings is 1. The lowest BCUT2D eigenvalue weighted by atomic mass is 10.3. The number of aromatic nitrogens is 2. The average Bonchev–Trinajstić information content (AvgIpc) is 2.16. The fourth-order valence-corrected chi connectivity index (χ4v) is 1.25. The van der Waals surface area contributed by atoms with Gasteiger partial charge in [-0.2, -0.15) is 0 Å². The minimum Gasteiger partial charge on any atom is -0.478 e. The molecule has 0 bridgehead atoms. The molecule has 0 atom stereocenters. The Balaban J connectivity index is 2.83. The summed E-state index contributed by atoms with van der Waals surface area (Å²) >= 11 is 0. The first-order valence-corrected chi connectivity index (χ1v) is 4.10. The van der Waals surface area contributed by atoms with Gasteiger partial charge in [0.15, 0.2) is 0 Å². The second-order valence-electron chi connectivity index (χ2n) is 2.97. The van der Waals surface area contributed by atoms with E-state index in [0.29, 0.717) is 5.65 Å². The fraction of sp³-hybridized carbons (Fsp3) is 0. The van der Waals surface area contributed by atoms with Gasteiger partial charge in [-0.3, -0.25) is 9.20 Å². The molecule has 0 saturated carbocycles. The van der Waals surface area contributed by atoms with Crippen molar-refractivity contribution in [1.82, 2.24) is 9.38 Å². The lowest BCUT2D eigenvalue weighted by Gasteiger charge is -2.01. The summed E-state index contributed by atoms with van der Waals surface area (Å²) in [4.78, 5) is 26.0. The Morgan fingerprint density at radius 3 is 2.87 bits per heavy atom. The van der Waals surface area contributed by atoms with E-state index in [9.17, 15) is 9.59 Å². The van der Waals surface area contributed by atoms with Crippen LogP contribution in [0.15, 0.2) is 29.2 Å². The number of carboxylic acids is 1. The molecule has 0 radical (unpaired) electrons. The van der Waals surface area contributed by atoms with E-state index in [2.05, 4.69) is 4.98 Å². The van der Waals surface area contributed by atoms with E-state index < -0.39 is 11.5 Å². The Bertz CT molecular complexity index is 603. The zero-order valence-electron chi connectivity index (χ0n) is 7.54. The number of carboxylic acid groups (broad SMARTS) is 1. The number of rotatable bonds is 1. The molecule has 2 aromatic rings. The van der Waals surface area contributed by atoms with Gasteiger partial charge in [-0.25, -0.2) is 9.78 Å². The van der Waals surface area contributed by atoms with E-state index >= 15 is 0 Å². The molecule has 0 unspecified atom stereocenters. The van der Waals surface area contributed by atoms with Crippen LogP contribution in [0.1, 0.15) is 10.4 Å². The molecule has 2 heterocycles. The van der Waals surface area contributed by atoms with Crippen LogP contribution in [0.25, 0.3) is 5.65 Å². The van der Waals surface area contributed by atoms with Crippen molar-refractivity contribution < 1.29 is 9.90 Å². The Morgan fingerprint density at radius 1 is 1.47 bits per heavy atom. The molecule has 0 fully saturated rings. The van der Waals surface area contributed by atoms with Gasteiger partial charge in [0.1, 0.15) is 11.5 Å². The van der Waals surface area contributed by atoms with Crippen LogP contribution in [0.2, 0.25) is 0 Å². The number of aromatic carboxylic acids is 1. The molecule has 6 nitrogen and oxygen atoms in total. The van der Waals surface area contributed by atoms with Crippen molar-refractivity contribution in [1.29, 1.82) is 0 Å². The Kier molecular flexibility index (Phi) is 1.89. The number of nitrogens with two attached hydrogens (primary N) is 1. The minimum atomic E-state index is -1.10. The standard InChI is InChI=1S/C9H7N3O3/c10-6-3-8(13)12-4-5(9(14)15)1-2-7(12)11-6/h1-4H,10H2,(H,14,15). The summed E-state index contributed by atoms with van der Waals surface area (Å²) in [5.74, 6) is -0.983. The summed E-state index contributed by atoms with van der Waals surface area (Å²) in [5, 5.41) is 8.73. The smallest absolute Gasteiger partial charge is 0.337 e. The minimum absolute atomic E-state index is 0.0242. The highest BCUT2D eigenvalue weighted by atomic mass is 16.4. The zero-order chi connectivity index (χ0) is 11.0. The normalized spacial score (nSPS) is 10.4. The van der Waals surface area contributed by atoms with Gasteiger partial charge in [0, 0.05) is 12.3 Å². The van der Waals surface area contributed by atoms with Crippen molar-refractivity contribution in [3.63, 3.8) is 0 Å². The van der Waals surface area contributed by atoms with Crippen molar-refractivity contribution in [2.45, 2.75) is 0 Å². The number of nitrogen functional groups attached to an aromatic ring is 1. The predicted molar refractivity (Wildman–Crippen MR) is 52.8 cm³/mol. The van der Waals surface area contributed by atoms with Gasteiger partial charge >= 0.3 is 5.97 Å². The SMILES string of the molecule is Nc1cc(=O)n2cc(C(=O)O)ccc2n1. The van der Waals surface area contributed by atoms with Crippen LogP contribution in [0, 0.1) is 0 Å². The van der Waals surface area contributed by atoms with Gasteiger partial charge in [-0.1, -0.05) is 0 Å². The van der Waals surface area contributed by atoms with E-state index in [-0.39, 0.29) is 11.4 Å². The monoisotopic (exact) mass is 205 g/mol. The van der Waals surface area contributed by atoms with Gasteiger partial charge in [0.2, 0.25) is 0 Å². The summed E-state index contributed by atoms with van der Waals surface area (Å²) in [5.41, 5.74) is 5.33. The summed E-state index contributed by atoms with van der Waals surface area (Å²) in [6.07, 6.45) is 1.21. The molecular weight excluding hydrogens is 198 g/mol. The van der Waals surface area contributed by atoms with E-state index in [0.717, 1.165) is 10.5 Å². The van der Waals surface area contributed by atoms with Gasteiger partial charge in [-0.05, 0) is 12.1 Å². The van der Waals surface area contributed by atoms with Gasteiger partial charge in [-0.15, -0.1) is 0 Å². The van der Waals surface area contributed by atoms with Crippen molar-refractivity contribution in [2.24, 2.45) is 0 Å². The number of nitrogens with zero attached hydrogens (tertiary/aromatic N) is 2. The van der Waals surface area contributed by atoms with E-state index in [1.165, 1.54) is 18.3 Å². The first-order valence-electron chi connectivity index (χ1n) is 4.10. The molecular formula is C9H7N3O3. The quantitative estimate of drug-likeness (QED) is 0.681. The average molecular weight is 205 g/mol. The highest BCUT2D eigenvalue weighted by molar-refractivity contribution is 5.87. The van der Waals surface area contributed by atoms with Gasteiger partial charge in [0.25, 0.3) is 5.56 Å². The largest absolute Gasteiger partial charge is 0.478 e. The Morgan fingerprint density at radius 2 is 2.20 bits per heavy atom. The Hall–Kier alpha value is -2.37. The molecule has 3 N–H and O–H groups in total. The number of hydrogen-bond acceptors (Lipinski definition) is 4. The molecule has 6 heteroatoms. The maximum atomic E-state index is 11.4. The number of fused-ring (bicyclic) bond motifs is 1. The molecule has 2 rings (SSSR count). The van der Waals surface area contributed by atoms with Crippen molar-refractivity contribution in [3.8, 4) is 0 Å². The van der Waals surface area contributed by atoms with Crippen molar-refractivity contribution >= 4 is 17.4 Å². The van der Waals surface area contributed by atoms with Crippen LogP contribution >= 0.6 is 0 Å². The lowest BCUT2D eigenvalue weighted by Crippen LogP contribution is -2.16. The van der Waals surface area contributed by atoms with Gasteiger partial charge < -0.3 is 10.8 Å². The Labute approximate surface area is 83.6 Å². The molecule has 0 aliphatic rings. The number of hydrogen-bond donors (Lipinski definition) is 2. The summed E-state index contributed by atoms with van der Waals surface area (Å²) < 4.78 is 1.14.